The van der Waals surface area contributed by atoms with Crippen molar-refractivity contribution in [3.8, 4) is 0 Å². The Labute approximate surface area is 207 Å². The molecule has 1 heterocycles. The molecule has 8 nitrogen and oxygen atoms in total. The zero-order valence-corrected chi connectivity index (χ0v) is 21.5. The fourth-order valence-electron chi connectivity index (χ4n) is 4.01. The first-order valence-electron chi connectivity index (χ1n) is 11.8. The molecule has 1 aliphatic heterocycles. The maximum absolute atomic E-state index is 13.2. The minimum atomic E-state index is -3.92. The van der Waals surface area contributed by atoms with E-state index in [-0.39, 0.29) is 54.1 Å². The Balaban J connectivity index is 1.70. The molecule has 35 heavy (non-hydrogen) atoms. The molecular formula is C26H33N3O5S. The van der Waals surface area contributed by atoms with Crippen LogP contribution in [0.1, 0.15) is 55.1 Å². The standard InChI is InChI=1S/C26H33N3O5S/c1-18(2)16-27-25(31)20(4)28(17-21-10-7-9-19(3)15-21)24(30)13-8-14-29-26(32)22-11-5-6-12-23(22)35(29,33)34/h5-7,9-12,15,18,20H,8,13-14,16-17H2,1-4H3,(H,27,31)/t20-/m1/s1. The van der Waals surface area contributed by atoms with E-state index in [0.717, 1.165) is 15.4 Å². The van der Waals surface area contributed by atoms with Gasteiger partial charge in [-0.3, -0.25) is 14.4 Å². The van der Waals surface area contributed by atoms with Crippen molar-refractivity contribution in [3.05, 3.63) is 65.2 Å². The molecule has 9 heteroatoms. The summed E-state index contributed by atoms with van der Waals surface area (Å²) in [6.45, 7) is 8.29. The third-order valence-electron chi connectivity index (χ3n) is 5.95. The number of hydrogen-bond donors (Lipinski definition) is 1. The highest BCUT2D eigenvalue weighted by molar-refractivity contribution is 7.90. The minimum Gasteiger partial charge on any atom is -0.354 e. The van der Waals surface area contributed by atoms with Crippen molar-refractivity contribution < 1.29 is 22.8 Å². The van der Waals surface area contributed by atoms with Gasteiger partial charge in [0.05, 0.1) is 5.56 Å². The van der Waals surface area contributed by atoms with E-state index in [1.807, 2.05) is 45.0 Å². The van der Waals surface area contributed by atoms with Crippen LogP contribution in [-0.2, 0) is 26.2 Å². The summed E-state index contributed by atoms with van der Waals surface area (Å²) in [6, 6.07) is 13.1. The lowest BCUT2D eigenvalue weighted by Crippen LogP contribution is -2.48. The molecule has 1 N–H and O–H groups in total. The molecule has 0 unspecified atom stereocenters. The number of amides is 3. The average Bonchev–Trinajstić information content (AvgIpc) is 3.01. The monoisotopic (exact) mass is 499 g/mol. The van der Waals surface area contributed by atoms with Gasteiger partial charge in [0.25, 0.3) is 15.9 Å². The first-order chi connectivity index (χ1) is 16.5. The van der Waals surface area contributed by atoms with Crippen molar-refractivity contribution in [2.45, 2.75) is 58.0 Å². The van der Waals surface area contributed by atoms with Crippen molar-refractivity contribution in [1.82, 2.24) is 14.5 Å². The zero-order valence-electron chi connectivity index (χ0n) is 20.7. The van der Waals surface area contributed by atoms with E-state index in [1.54, 1.807) is 19.1 Å². The number of carbonyl (C=O) groups excluding carboxylic acids is 3. The molecule has 1 aliphatic rings. The topological polar surface area (TPSA) is 104 Å². The molecule has 1 atom stereocenters. The average molecular weight is 500 g/mol. The lowest BCUT2D eigenvalue weighted by Gasteiger charge is -2.29. The quantitative estimate of drug-likeness (QED) is 0.541. The lowest BCUT2D eigenvalue weighted by atomic mass is 10.1. The Bertz CT molecular complexity index is 1210. The Hall–Kier alpha value is -3.20. The molecule has 0 aliphatic carbocycles. The van der Waals surface area contributed by atoms with Crippen molar-refractivity contribution >= 4 is 27.7 Å². The Morgan fingerprint density at radius 1 is 1.06 bits per heavy atom. The highest BCUT2D eigenvalue weighted by Crippen LogP contribution is 2.30. The number of rotatable bonds is 10. The summed E-state index contributed by atoms with van der Waals surface area (Å²) < 4.78 is 26.3. The van der Waals surface area contributed by atoms with Crippen LogP contribution in [0.25, 0.3) is 0 Å². The van der Waals surface area contributed by atoms with E-state index in [0.29, 0.717) is 6.54 Å². The zero-order chi connectivity index (χ0) is 25.8. The summed E-state index contributed by atoms with van der Waals surface area (Å²) in [4.78, 5) is 40.1. The van der Waals surface area contributed by atoms with Crippen LogP contribution in [0.15, 0.2) is 53.4 Å². The van der Waals surface area contributed by atoms with Gasteiger partial charge in [0.1, 0.15) is 10.9 Å². The number of benzene rings is 2. The maximum atomic E-state index is 13.2. The van der Waals surface area contributed by atoms with Gasteiger partial charge in [-0.25, -0.2) is 12.7 Å². The molecule has 0 radical (unpaired) electrons. The SMILES string of the molecule is Cc1cccc(CN(C(=O)CCCN2C(=O)c3ccccc3S2(=O)=O)[C@H](C)C(=O)NCC(C)C)c1. The van der Waals surface area contributed by atoms with Crippen LogP contribution in [0.2, 0.25) is 0 Å². The highest BCUT2D eigenvalue weighted by Gasteiger charge is 2.40. The fourth-order valence-corrected chi connectivity index (χ4v) is 5.62. The van der Waals surface area contributed by atoms with Gasteiger partial charge in [-0.2, -0.15) is 0 Å². The van der Waals surface area contributed by atoms with Gasteiger partial charge in [-0.05, 0) is 43.9 Å². The maximum Gasteiger partial charge on any atom is 0.269 e. The minimum absolute atomic E-state index is 0.00324. The van der Waals surface area contributed by atoms with Crippen LogP contribution in [0.5, 0.6) is 0 Å². The third-order valence-corrected chi connectivity index (χ3v) is 7.79. The van der Waals surface area contributed by atoms with Crippen molar-refractivity contribution in [3.63, 3.8) is 0 Å². The van der Waals surface area contributed by atoms with Gasteiger partial charge in [0.15, 0.2) is 0 Å². The van der Waals surface area contributed by atoms with E-state index in [1.165, 1.54) is 17.0 Å². The Morgan fingerprint density at radius 3 is 2.43 bits per heavy atom. The number of hydrogen-bond acceptors (Lipinski definition) is 5. The highest BCUT2D eigenvalue weighted by atomic mass is 32.2. The smallest absolute Gasteiger partial charge is 0.269 e. The summed E-state index contributed by atoms with van der Waals surface area (Å²) in [5.41, 5.74) is 2.09. The van der Waals surface area contributed by atoms with Gasteiger partial charge in [0.2, 0.25) is 11.8 Å². The molecule has 3 rings (SSSR count). The largest absolute Gasteiger partial charge is 0.354 e. The van der Waals surface area contributed by atoms with Crippen LogP contribution in [0, 0.1) is 12.8 Å². The molecular weight excluding hydrogens is 466 g/mol. The number of carbonyl (C=O) groups is 3. The Kier molecular flexibility index (Phi) is 8.32. The van der Waals surface area contributed by atoms with Crippen molar-refractivity contribution in [2.24, 2.45) is 5.92 Å². The van der Waals surface area contributed by atoms with Crippen LogP contribution in [-0.4, -0.2) is 54.5 Å². The first kappa shape index (κ1) is 26.4. The molecule has 188 valence electrons. The number of sulfonamides is 1. The molecule has 2 aromatic rings. The Morgan fingerprint density at radius 2 is 1.77 bits per heavy atom. The summed E-state index contributed by atoms with van der Waals surface area (Å²) in [5.74, 6) is -0.824. The van der Waals surface area contributed by atoms with Crippen molar-refractivity contribution in [1.29, 1.82) is 0 Å². The van der Waals surface area contributed by atoms with Gasteiger partial charge in [0, 0.05) is 26.1 Å². The lowest BCUT2D eigenvalue weighted by molar-refractivity contribution is -0.140. The number of nitrogens with zero attached hydrogens (tertiary/aromatic N) is 2. The predicted molar refractivity (Wildman–Crippen MR) is 133 cm³/mol. The van der Waals surface area contributed by atoms with Crippen LogP contribution >= 0.6 is 0 Å². The predicted octanol–water partition coefficient (Wildman–Crippen LogP) is 3.11. The molecule has 0 fully saturated rings. The molecule has 0 spiro atoms. The van der Waals surface area contributed by atoms with E-state index in [9.17, 15) is 22.8 Å². The van der Waals surface area contributed by atoms with Gasteiger partial charge in [-0.1, -0.05) is 55.8 Å². The molecule has 2 aromatic carbocycles. The first-order valence-corrected chi connectivity index (χ1v) is 13.2. The molecule has 3 amide bonds. The van der Waals surface area contributed by atoms with Gasteiger partial charge < -0.3 is 10.2 Å². The normalized spacial score (nSPS) is 15.1. The van der Waals surface area contributed by atoms with Crippen LogP contribution < -0.4 is 5.32 Å². The van der Waals surface area contributed by atoms with E-state index in [2.05, 4.69) is 5.32 Å². The summed E-state index contributed by atoms with van der Waals surface area (Å²) in [7, 11) is -3.92. The van der Waals surface area contributed by atoms with Crippen LogP contribution in [0.4, 0.5) is 0 Å². The van der Waals surface area contributed by atoms with Gasteiger partial charge >= 0.3 is 0 Å². The van der Waals surface area contributed by atoms with Gasteiger partial charge in [-0.15, -0.1) is 0 Å². The summed E-state index contributed by atoms with van der Waals surface area (Å²) in [5, 5.41) is 2.88. The second-order valence-electron chi connectivity index (χ2n) is 9.31. The molecule has 0 bridgehead atoms. The molecule has 0 saturated heterocycles. The molecule has 0 aromatic heterocycles. The van der Waals surface area contributed by atoms with E-state index < -0.39 is 22.0 Å². The number of aryl methyl sites for hydroxylation is 1. The molecule has 0 saturated carbocycles. The van der Waals surface area contributed by atoms with Crippen molar-refractivity contribution in [2.75, 3.05) is 13.1 Å². The summed E-state index contributed by atoms with van der Waals surface area (Å²) in [6.07, 6.45) is 0.158. The van der Waals surface area contributed by atoms with E-state index in [4.69, 9.17) is 0 Å². The fraction of sp³-hybridized carbons (Fsp3) is 0.423. The number of fused-ring (bicyclic) bond motifs is 1. The summed E-state index contributed by atoms with van der Waals surface area (Å²) >= 11 is 0. The van der Waals surface area contributed by atoms with E-state index >= 15 is 0 Å². The second-order valence-corrected chi connectivity index (χ2v) is 11.1. The third kappa shape index (κ3) is 6.08. The van der Waals surface area contributed by atoms with Crippen LogP contribution in [0.3, 0.4) is 0 Å². The second kappa shape index (κ2) is 11.0. The number of nitrogens with one attached hydrogen (secondary N) is 1.